The van der Waals surface area contributed by atoms with Crippen LogP contribution in [0.1, 0.15) is 50.9 Å². The molecule has 2 aromatic heterocycles. The zero-order valence-corrected chi connectivity index (χ0v) is 19.4. The van der Waals surface area contributed by atoms with Crippen LogP contribution in [-0.2, 0) is 6.42 Å². The van der Waals surface area contributed by atoms with Crippen LogP contribution >= 0.6 is 0 Å². The number of hydrogen-bond donors (Lipinski definition) is 2. The predicted molar refractivity (Wildman–Crippen MR) is 123 cm³/mol. The van der Waals surface area contributed by atoms with E-state index in [1.807, 2.05) is 32.9 Å². The van der Waals surface area contributed by atoms with Gasteiger partial charge in [0, 0.05) is 18.3 Å². The van der Waals surface area contributed by atoms with Crippen LogP contribution in [0.4, 0.5) is 22.0 Å². The molecule has 0 fully saturated rings. The van der Waals surface area contributed by atoms with Gasteiger partial charge in [-0.15, -0.1) is 0 Å². The van der Waals surface area contributed by atoms with Gasteiger partial charge < -0.3 is 9.97 Å². The summed E-state index contributed by atoms with van der Waals surface area (Å²) in [5, 5.41) is 0. The van der Waals surface area contributed by atoms with Crippen molar-refractivity contribution in [3.8, 4) is 11.5 Å². The maximum atomic E-state index is 14.1. The van der Waals surface area contributed by atoms with E-state index >= 15 is 0 Å². The average molecular weight is 482 g/mol. The molecular weight excluding hydrogens is 453 g/mol. The first kappa shape index (κ1) is 26.9. The smallest absolute Gasteiger partial charge is 0.340 e. The maximum Gasteiger partial charge on any atom is 0.393 e. The quantitative estimate of drug-likeness (QED) is 0.202. The molecule has 0 aliphatic rings. The van der Waals surface area contributed by atoms with Crippen LogP contribution in [0.15, 0.2) is 58.7 Å². The molecule has 0 saturated carbocycles. The van der Waals surface area contributed by atoms with Gasteiger partial charge in [-0.1, -0.05) is 36.8 Å². The number of nitrogens with zero attached hydrogens (tertiary/aromatic N) is 3. The molecule has 0 atom stereocenters. The van der Waals surface area contributed by atoms with Gasteiger partial charge in [-0.3, -0.25) is 4.99 Å². The summed E-state index contributed by atoms with van der Waals surface area (Å²) in [6, 6.07) is 0. The molecule has 34 heavy (non-hydrogen) atoms. The van der Waals surface area contributed by atoms with Crippen molar-refractivity contribution in [3.63, 3.8) is 0 Å². The second-order valence-corrected chi connectivity index (χ2v) is 7.56. The minimum absolute atomic E-state index is 0.0779. The zero-order valence-electron chi connectivity index (χ0n) is 19.4. The SMILES string of the molecule is C=C/C(F)=C(CCC(=C/C)/C=C(/CC)Cc1[nH]c(-c2cnc(F)[nH]2)nc1C)\N=C/CC(F)(F)F. The van der Waals surface area contributed by atoms with Crippen molar-refractivity contribution in [2.45, 2.75) is 59.1 Å². The lowest BCUT2D eigenvalue weighted by atomic mass is 10.00. The van der Waals surface area contributed by atoms with Crippen LogP contribution in [0.3, 0.4) is 0 Å². The molecular formula is C24H28F5N5. The number of alkyl halides is 3. The van der Waals surface area contributed by atoms with Gasteiger partial charge >= 0.3 is 6.18 Å². The highest BCUT2D eigenvalue weighted by atomic mass is 19.4. The van der Waals surface area contributed by atoms with Gasteiger partial charge in [-0.2, -0.15) is 17.6 Å². The van der Waals surface area contributed by atoms with E-state index in [1.165, 1.54) is 6.20 Å². The zero-order chi connectivity index (χ0) is 25.3. The second kappa shape index (κ2) is 12.2. The normalized spacial score (nSPS) is 14.1. The lowest BCUT2D eigenvalue weighted by Crippen LogP contribution is -2.07. The lowest BCUT2D eigenvalue weighted by molar-refractivity contribution is -0.120. The van der Waals surface area contributed by atoms with Gasteiger partial charge in [-0.05, 0) is 39.2 Å². The Morgan fingerprint density at radius 2 is 1.97 bits per heavy atom. The number of aromatic amines is 2. The van der Waals surface area contributed by atoms with E-state index in [9.17, 15) is 22.0 Å². The summed E-state index contributed by atoms with van der Waals surface area (Å²) in [7, 11) is 0. The van der Waals surface area contributed by atoms with E-state index in [1.54, 1.807) is 0 Å². The third kappa shape index (κ3) is 8.24. The minimum atomic E-state index is -4.40. The van der Waals surface area contributed by atoms with E-state index in [-0.39, 0.29) is 12.1 Å². The third-order valence-corrected chi connectivity index (χ3v) is 5.08. The van der Waals surface area contributed by atoms with Gasteiger partial charge in [0.05, 0.1) is 24.0 Å². The van der Waals surface area contributed by atoms with Crippen molar-refractivity contribution in [2.75, 3.05) is 0 Å². The summed E-state index contributed by atoms with van der Waals surface area (Å²) in [6.45, 7) is 9.02. The predicted octanol–water partition coefficient (Wildman–Crippen LogP) is 7.24. The number of aliphatic imine (C=N–C) groups is 1. The largest absolute Gasteiger partial charge is 0.393 e. The summed E-state index contributed by atoms with van der Waals surface area (Å²) in [4.78, 5) is 17.3. The van der Waals surface area contributed by atoms with Crippen LogP contribution in [0.25, 0.3) is 11.5 Å². The average Bonchev–Trinajstić information content (AvgIpc) is 3.38. The Morgan fingerprint density at radius 1 is 1.24 bits per heavy atom. The molecule has 0 radical (unpaired) electrons. The van der Waals surface area contributed by atoms with Crippen LogP contribution in [0, 0.1) is 13.0 Å². The highest BCUT2D eigenvalue weighted by Gasteiger charge is 2.25. The highest BCUT2D eigenvalue weighted by Crippen LogP contribution is 2.24. The fraction of sp³-hybridized carbons (Fsp3) is 0.375. The fourth-order valence-electron chi connectivity index (χ4n) is 3.17. The molecule has 0 aliphatic heterocycles. The number of allylic oxidation sites excluding steroid dienone is 7. The van der Waals surface area contributed by atoms with Crippen LogP contribution < -0.4 is 0 Å². The first-order valence-corrected chi connectivity index (χ1v) is 10.8. The fourth-order valence-corrected chi connectivity index (χ4v) is 3.17. The molecule has 0 saturated heterocycles. The first-order chi connectivity index (χ1) is 16.1. The van der Waals surface area contributed by atoms with Gasteiger partial charge in [0.1, 0.15) is 11.5 Å². The molecule has 0 unspecified atom stereocenters. The number of aromatic nitrogens is 4. The van der Waals surface area contributed by atoms with E-state index in [2.05, 4.69) is 31.5 Å². The molecule has 2 aromatic rings. The number of imidazole rings is 2. The standard InChI is InChI=1S/C24H28F5N5/c1-5-16(8-9-19(18(25)7-3)30-11-10-24(27,28)29)12-17(6-2)13-20-15(4)32-22(33-20)21-14-31-23(26)34-21/h5,7,11-12,14H,3,6,8-10,13H2,1-2,4H3,(H,31,34)(H,32,33)/b16-5-,17-12-,19-18+,30-11-. The number of rotatable bonds is 11. The molecule has 10 heteroatoms. The van der Waals surface area contributed by atoms with Crippen LogP contribution in [0.5, 0.6) is 0 Å². The maximum absolute atomic E-state index is 14.1. The number of hydrogen-bond acceptors (Lipinski definition) is 3. The Bertz CT molecular complexity index is 1100. The van der Waals surface area contributed by atoms with Crippen molar-refractivity contribution in [2.24, 2.45) is 4.99 Å². The molecule has 2 heterocycles. The third-order valence-electron chi connectivity index (χ3n) is 5.08. The Balaban J connectivity index is 2.13. The van der Waals surface area contributed by atoms with E-state index in [4.69, 9.17) is 0 Å². The molecule has 0 aromatic carbocycles. The van der Waals surface area contributed by atoms with Crippen LogP contribution in [-0.4, -0.2) is 32.3 Å². The summed E-state index contributed by atoms with van der Waals surface area (Å²) in [5.74, 6) is -0.263. The lowest BCUT2D eigenvalue weighted by Gasteiger charge is -2.09. The topological polar surface area (TPSA) is 69.7 Å². The first-order valence-electron chi connectivity index (χ1n) is 10.8. The van der Waals surface area contributed by atoms with Gasteiger partial charge in [-0.25, -0.2) is 14.4 Å². The van der Waals surface area contributed by atoms with Crippen LogP contribution in [0.2, 0.25) is 0 Å². The van der Waals surface area contributed by atoms with Crippen molar-refractivity contribution in [3.05, 3.63) is 71.1 Å². The Labute approximate surface area is 195 Å². The van der Waals surface area contributed by atoms with Gasteiger partial charge in [0.25, 0.3) is 6.08 Å². The highest BCUT2D eigenvalue weighted by molar-refractivity contribution is 5.60. The monoisotopic (exact) mass is 481 g/mol. The minimum Gasteiger partial charge on any atom is -0.340 e. The number of aryl methyl sites for hydroxylation is 1. The molecule has 184 valence electrons. The van der Waals surface area contributed by atoms with Gasteiger partial charge in [0.15, 0.2) is 5.82 Å². The summed E-state index contributed by atoms with van der Waals surface area (Å²) in [5.41, 5.74) is 3.96. The van der Waals surface area contributed by atoms with Gasteiger partial charge in [0.2, 0.25) is 0 Å². The molecule has 2 rings (SSSR count). The van der Waals surface area contributed by atoms with E-state index in [0.717, 1.165) is 35.0 Å². The van der Waals surface area contributed by atoms with Crippen molar-refractivity contribution in [1.82, 2.24) is 19.9 Å². The molecule has 2 N–H and O–H groups in total. The van der Waals surface area contributed by atoms with E-state index in [0.29, 0.717) is 30.6 Å². The number of halogens is 5. The number of H-pyrrole nitrogens is 2. The molecule has 0 spiro atoms. The summed E-state index contributed by atoms with van der Waals surface area (Å²) >= 11 is 0. The Hall–Kier alpha value is -3.30. The molecule has 5 nitrogen and oxygen atoms in total. The number of nitrogens with one attached hydrogen (secondary N) is 2. The molecule has 0 aliphatic carbocycles. The Kier molecular flexibility index (Phi) is 9.70. The summed E-state index contributed by atoms with van der Waals surface area (Å²) < 4.78 is 64.4. The summed E-state index contributed by atoms with van der Waals surface area (Å²) in [6.07, 6.45) is 2.31. The van der Waals surface area contributed by atoms with Crippen molar-refractivity contribution < 1.29 is 22.0 Å². The Morgan fingerprint density at radius 3 is 2.53 bits per heavy atom. The van der Waals surface area contributed by atoms with Crippen molar-refractivity contribution >= 4 is 6.21 Å². The van der Waals surface area contributed by atoms with Crippen molar-refractivity contribution in [1.29, 1.82) is 0 Å². The molecule has 0 amide bonds. The molecule has 0 bridgehead atoms. The van der Waals surface area contributed by atoms with E-state index < -0.39 is 24.5 Å². The second-order valence-electron chi connectivity index (χ2n) is 7.56.